The van der Waals surface area contributed by atoms with Crippen molar-refractivity contribution in [3.05, 3.63) is 65.6 Å². The van der Waals surface area contributed by atoms with Gasteiger partial charge in [-0.25, -0.2) is 9.37 Å². The van der Waals surface area contributed by atoms with Gasteiger partial charge in [0, 0.05) is 10.9 Å². The number of benzene rings is 2. The molecule has 3 rings (SSSR count). The number of pyridine rings is 1. The molecule has 3 nitrogen and oxygen atoms in total. The summed E-state index contributed by atoms with van der Waals surface area (Å²) in [5.41, 5.74) is 2.00. The Morgan fingerprint density at radius 1 is 1.14 bits per heavy atom. The number of carbonyl (C=O) groups is 1. The van der Waals surface area contributed by atoms with Gasteiger partial charge in [0.2, 0.25) is 0 Å². The quantitative estimate of drug-likeness (QED) is 0.670. The molecule has 0 saturated heterocycles. The lowest BCUT2D eigenvalue weighted by molar-refractivity contribution is 0.112. The van der Waals surface area contributed by atoms with Crippen LogP contribution in [0.25, 0.3) is 22.0 Å². The van der Waals surface area contributed by atoms with Crippen molar-refractivity contribution in [2.24, 2.45) is 0 Å². The Bertz CT molecular complexity index is 897. The van der Waals surface area contributed by atoms with Crippen LogP contribution in [0.15, 0.2) is 48.5 Å². The zero-order chi connectivity index (χ0) is 14.8. The first-order valence-electron chi connectivity index (χ1n) is 6.28. The van der Waals surface area contributed by atoms with Crippen LogP contribution in [-0.4, -0.2) is 11.3 Å². The molecule has 3 aromatic rings. The molecular weight excluding hydrogens is 267 g/mol. The summed E-state index contributed by atoms with van der Waals surface area (Å²) >= 11 is 0. The van der Waals surface area contributed by atoms with E-state index in [0.717, 1.165) is 5.39 Å². The molecule has 0 aliphatic carbocycles. The number of hydrogen-bond acceptors (Lipinski definition) is 3. The fourth-order valence-electron chi connectivity index (χ4n) is 2.21. The summed E-state index contributed by atoms with van der Waals surface area (Å²) in [6.07, 6.45) is 0.461. The third kappa shape index (κ3) is 2.26. The zero-order valence-corrected chi connectivity index (χ0v) is 10.9. The number of aldehydes is 1. The maximum Gasteiger partial charge on any atom is 0.152 e. The minimum Gasteiger partial charge on any atom is -0.298 e. The van der Waals surface area contributed by atoms with Crippen molar-refractivity contribution < 1.29 is 9.18 Å². The lowest BCUT2D eigenvalue weighted by Crippen LogP contribution is -1.93. The summed E-state index contributed by atoms with van der Waals surface area (Å²) in [6, 6.07) is 15.5. The zero-order valence-electron chi connectivity index (χ0n) is 10.9. The number of nitriles is 1. The van der Waals surface area contributed by atoms with Crippen LogP contribution in [0.5, 0.6) is 0 Å². The average molecular weight is 276 g/mol. The number of para-hydroxylation sites is 1. The molecule has 0 spiro atoms. The Labute approximate surface area is 120 Å². The SMILES string of the molecule is N#Cc1nc2ccccc2cc1-c1ccc(C=O)c(F)c1. The van der Waals surface area contributed by atoms with E-state index in [4.69, 9.17) is 0 Å². The summed E-state index contributed by atoms with van der Waals surface area (Å²) in [5.74, 6) is -0.612. The predicted molar refractivity (Wildman–Crippen MR) is 77.2 cm³/mol. The second-order valence-electron chi connectivity index (χ2n) is 4.54. The molecule has 21 heavy (non-hydrogen) atoms. The molecule has 0 unspecified atom stereocenters. The molecule has 0 aliphatic heterocycles. The summed E-state index contributed by atoms with van der Waals surface area (Å²) in [5, 5.41) is 10.1. The molecule has 0 atom stereocenters. The Hall–Kier alpha value is -3.06. The number of nitrogens with zero attached hydrogens (tertiary/aromatic N) is 2. The number of aromatic nitrogens is 1. The molecule has 0 bridgehead atoms. The van der Waals surface area contributed by atoms with Crippen LogP contribution >= 0.6 is 0 Å². The molecule has 0 amide bonds. The largest absolute Gasteiger partial charge is 0.298 e. The first kappa shape index (κ1) is 12.9. The van der Waals surface area contributed by atoms with Gasteiger partial charge in [-0.15, -0.1) is 0 Å². The number of carbonyl (C=O) groups excluding carboxylic acids is 1. The molecule has 0 radical (unpaired) electrons. The summed E-state index contributed by atoms with van der Waals surface area (Å²) in [7, 11) is 0. The van der Waals surface area contributed by atoms with Gasteiger partial charge in [0.05, 0.1) is 11.1 Å². The van der Waals surface area contributed by atoms with E-state index in [1.165, 1.54) is 12.1 Å². The molecule has 100 valence electrons. The van der Waals surface area contributed by atoms with Gasteiger partial charge in [0.25, 0.3) is 0 Å². The number of halogens is 1. The molecule has 2 aromatic carbocycles. The van der Waals surface area contributed by atoms with Crippen LogP contribution in [0.2, 0.25) is 0 Å². The average Bonchev–Trinajstić information content (AvgIpc) is 2.53. The third-order valence-corrected chi connectivity index (χ3v) is 3.27. The van der Waals surface area contributed by atoms with Crippen molar-refractivity contribution in [2.45, 2.75) is 0 Å². The minimum atomic E-state index is -0.612. The predicted octanol–water partition coefficient (Wildman–Crippen LogP) is 3.73. The van der Waals surface area contributed by atoms with Crippen molar-refractivity contribution in [2.75, 3.05) is 0 Å². The van der Waals surface area contributed by atoms with Gasteiger partial charge in [0.15, 0.2) is 6.29 Å². The van der Waals surface area contributed by atoms with E-state index in [1.54, 1.807) is 12.1 Å². The van der Waals surface area contributed by atoms with E-state index in [0.29, 0.717) is 22.9 Å². The van der Waals surface area contributed by atoms with Crippen LogP contribution in [0.3, 0.4) is 0 Å². The highest BCUT2D eigenvalue weighted by Crippen LogP contribution is 2.27. The third-order valence-electron chi connectivity index (χ3n) is 3.27. The van der Waals surface area contributed by atoms with Gasteiger partial charge in [-0.2, -0.15) is 5.26 Å². The number of hydrogen-bond donors (Lipinski definition) is 0. The molecule has 0 saturated carbocycles. The minimum absolute atomic E-state index is 0.00833. The van der Waals surface area contributed by atoms with Crippen molar-refractivity contribution in [3.63, 3.8) is 0 Å². The molecule has 0 fully saturated rings. The van der Waals surface area contributed by atoms with Gasteiger partial charge in [-0.3, -0.25) is 4.79 Å². The summed E-state index contributed by atoms with van der Waals surface area (Å²) in [6.45, 7) is 0. The lowest BCUT2D eigenvalue weighted by Gasteiger charge is -2.07. The van der Waals surface area contributed by atoms with E-state index < -0.39 is 5.82 Å². The van der Waals surface area contributed by atoms with E-state index in [2.05, 4.69) is 4.98 Å². The first-order valence-corrected chi connectivity index (χ1v) is 6.28. The Balaban J connectivity index is 2.26. The number of fused-ring (bicyclic) bond motifs is 1. The second-order valence-corrected chi connectivity index (χ2v) is 4.54. The van der Waals surface area contributed by atoms with Crippen molar-refractivity contribution in [1.29, 1.82) is 5.26 Å². The monoisotopic (exact) mass is 276 g/mol. The van der Waals surface area contributed by atoms with Gasteiger partial charge in [0.1, 0.15) is 17.6 Å². The van der Waals surface area contributed by atoms with Crippen molar-refractivity contribution >= 4 is 17.2 Å². The molecule has 1 heterocycles. The van der Waals surface area contributed by atoms with E-state index >= 15 is 0 Å². The van der Waals surface area contributed by atoms with Crippen LogP contribution in [-0.2, 0) is 0 Å². The topological polar surface area (TPSA) is 53.8 Å². The van der Waals surface area contributed by atoms with Crippen LogP contribution < -0.4 is 0 Å². The maximum absolute atomic E-state index is 13.8. The fraction of sp³-hybridized carbons (Fsp3) is 0. The van der Waals surface area contributed by atoms with E-state index in [9.17, 15) is 14.4 Å². The highest BCUT2D eigenvalue weighted by molar-refractivity contribution is 5.86. The molecule has 0 N–H and O–H groups in total. The Morgan fingerprint density at radius 3 is 2.67 bits per heavy atom. The lowest BCUT2D eigenvalue weighted by atomic mass is 10.0. The fourth-order valence-corrected chi connectivity index (χ4v) is 2.21. The van der Waals surface area contributed by atoms with E-state index in [-0.39, 0.29) is 11.3 Å². The highest BCUT2D eigenvalue weighted by Gasteiger charge is 2.11. The summed E-state index contributed by atoms with van der Waals surface area (Å²) in [4.78, 5) is 15.0. The molecular formula is C17H9FN2O. The van der Waals surface area contributed by atoms with Gasteiger partial charge < -0.3 is 0 Å². The standard InChI is InChI=1S/C17H9FN2O/c18-15-8-11(5-6-13(15)10-21)14-7-12-3-1-2-4-16(12)20-17(14)9-19/h1-8,10H. The van der Waals surface area contributed by atoms with Crippen LogP contribution in [0.4, 0.5) is 4.39 Å². The normalized spacial score (nSPS) is 10.3. The Kier molecular flexibility index (Phi) is 3.17. The summed E-state index contributed by atoms with van der Waals surface area (Å²) < 4.78 is 13.8. The maximum atomic E-state index is 13.8. The van der Waals surface area contributed by atoms with Gasteiger partial charge in [-0.05, 0) is 29.8 Å². The highest BCUT2D eigenvalue weighted by atomic mass is 19.1. The molecule has 4 heteroatoms. The number of rotatable bonds is 2. The van der Waals surface area contributed by atoms with Crippen molar-refractivity contribution in [1.82, 2.24) is 4.98 Å². The molecule has 0 aliphatic rings. The van der Waals surface area contributed by atoms with Crippen molar-refractivity contribution in [3.8, 4) is 17.2 Å². The van der Waals surface area contributed by atoms with Gasteiger partial charge in [-0.1, -0.05) is 24.3 Å². The first-order chi connectivity index (χ1) is 10.2. The molecule has 1 aromatic heterocycles. The van der Waals surface area contributed by atoms with Crippen LogP contribution in [0.1, 0.15) is 16.1 Å². The second kappa shape index (κ2) is 5.14. The smallest absolute Gasteiger partial charge is 0.152 e. The van der Waals surface area contributed by atoms with Crippen LogP contribution in [0, 0.1) is 17.1 Å². The Morgan fingerprint density at radius 2 is 1.95 bits per heavy atom. The van der Waals surface area contributed by atoms with E-state index in [1.807, 2.05) is 30.3 Å². The van der Waals surface area contributed by atoms with Gasteiger partial charge >= 0.3 is 0 Å².